The van der Waals surface area contributed by atoms with Crippen molar-refractivity contribution in [3.05, 3.63) is 105 Å². The molecule has 1 N–H and O–H groups in total. The Morgan fingerprint density at radius 1 is 1.06 bits per heavy atom. The first-order valence-electron chi connectivity index (χ1n) is 11.0. The lowest BCUT2D eigenvalue weighted by molar-refractivity contribution is 0.236. The lowest BCUT2D eigenvalue weighted by Gasteiger charge is -2.28. The van der Waals surface area contributed by atoms with Crippen LogP contribution < -0.4 is 10.3 Å². The first-order valence-corrected chi connectivity index (χ1v) is 11.3. The van der Waals surface area contributed by atoms with Crippen LogP contribution in [-0.4, -0.2) is 33.1 Å². The fraction of sp³-hybridized carbons (Fsp3) is 0.231. The van der Waals surface area contributed by atoms with Crippen LogP contribution in [0.4, 0.5) is 0 Å². The number of nitrogens with zero attached hydrogens (tertiary/aromatic N) is 3. The minimum Gasteiger partial charge on any atom is -0.497 e. The lowest BCUT2D eigenvalue weighted by Crippen LogP contribution is -2.35. The Labute approximate surface area is 197 Å². The Balaban J connectivity index is 1.31. The van der Waals surface area contributed by atoms with Gasteiger partial charge in [-0.1, -0.05) is 23.7 Å². The van der Waals surface area contributed by atoms with E-state index in [1.54, 1.807) is 19.2 Å². The molecule has 5 rings (SSSR count). The normalized spacial score (nSPS) is 13.6. The molecule has 1 aliphatic heterocycles. The molecule has 0 radical (unpaired) electrons. The molecule has 6 nitrogen and oxygen atoms in total. The fourth-order valence-corrected chi connectivity index (χ4v) is 4.39. The number of aromatic amines is 1. The number of fused-ring (bicyclic) bond motifs is 1. The van der Waals surface area contributed by atoms with Crippen molar-refractivity contribution in [2.75, 3.05) is 13.7 Å². The van der Waals surface area contributed by atoms with Gasteiger partial charge in [0.25, 0.3) is 5.56 Å². The van der Waals surface area contributed by atoms with Crippen molar-refractivity contribution in [2.45, 2.75) is 26.1 Å². The number of rotatable bonds is 6. The number of ether oxygens (including phenoxy) is 1. The van der Waals surface area contributed by atoms with E-state index in [9.17, 15) is 4.79 Å². The Kier molecular flexibility index (Phi) is 6.03. The summed E-state index contributed by atoms with van der Waals surface area (Å²) in [6.45, 7) is 3.02. The smallest absolute Gasteiger partial charge is 0.255 e. The summed E-state index contributed by atoms with van der Waals surface area (Å²) >= 11 is 5.98. The summed E-state index contributed by atoms with van der Waals surface area (Å²) in [6, 6.07) is 19.7. The van der Waals surface area contributed by atoms with Gasteiger partial charge in [0.1, 0.15) is 11.6 Å². The molecule has 3 heterocycles. The summed E-state index contributed by atoms with van der Waals surface area (Å²) in [5, 5.41) is 0.659. The van der Waals surface area contributed by atoms with Gasteiger partial charge in [-0.05, 0) is 54.1 Å². The van der Waals surface area contributed by atoms with Crippen LogP contribution in [0.3, 0.4) is 0 Å². The Morgan fingerprint density at radius 2 is 1.85 bits per heavy atom. The lowest BCUT2D eigenvalue weighted by atomic mass is 10.1. The average molecular weight is 461 g/mol. The highest BCUT2D eigenvalue weighted by atomic mass is 35.5. The van der Waals surface area contributed by atoms with Crippen LogP contribution in [0, 0.1) is 0 Å². The number of benzene rings is 2. The van der Waals surface area contributed by atoms with Crippen LogP contribution in [0.5, 0.6) is 5.75 Å². The molecule has 2 aromatic heterocycles. The minimum atomic E-state index is -0.0664. The predicted octanol–water partition coefficient (Wildman–Crippen LogP) is 4.51. The van der Waals surface area contributed by atoms with E-state index in [4.69, 9.17) is 21.3 Å². The topological polar surface area (TPSA) is 63.1 Å². The summed E-state index contributed by atoms with van der Waals surface area (Å²) in [6.07, 6.45) is 2.85. The van der Waals surface area contributed by atoms with Gasteiger partial charge in [0, 0.05) is 55.1 Å². The standard InChI is InChI=1S/C26H25ClN4O2/c1-33-22-10-4-18(5-11-22)15-31-13-2-3-21(31)16-30-14-12-24-23(17-30)26(32)29-25(28-24)19-6-8-20(27)9-7-19/h2-11,13H,12,14-17H2,1H3,(H,28,29,32). The summed E-state index contributed by atoms with van der Waals surface area (Å²) in [5.41, 5.74) is 4.87. The molecule has 2 aromatic carbocycles. The van der Waals surface area contributed by atoms with Crippen LogP contribution >= 0.6 is 11.6 Å². The van der Waals surface area contributed by atoms with E-state index in [2.05, 4.69) is 44.9 Å². The molecule has 0 unspecified atom stereocenters. The molecule has 0 atom stereocenters. The third-order valence-corrected chi connectivity index (χ3v) is 6.34. The molecular weight excluding hydrogens is 436 g/mol. The maximum absolute atomic E-state index is 12.9. The van der Waals surface area contributed by atoms with Crippen LogP contribution in [0.15, 0.2) is 71.7 Å². The third-order valence-electron chi connectivity index (χ3n) is 6.09. The van der Waals surface area contributed by atoms with Crippen LogP contribution in [-0.2, 0) is 26.1 Å². The van der Waals surface area contributed by atoms with Gasteiger partial charge in [-0.25, -0.2) is 4.98 Å². The highest BCUT2D eigenvalue weighted by Gasteiger charge is 2.22. The van der Waals surface area contributed by atoms with Gasteiger partial charge >= 0.3 is 0 Å². The van der Waals surface area contributed by atoms with Gasteiger partial charge in [-0.3, -0.25) is 9.69 Å². The molecule has 0 spiro atoms. The summed E-state index contributed by atoms with van der Waals surface area (Å²) in [7, 11) is 1.68. The summed E-state index contributed by atoms with van der Waals surface area (Å²) in [5.74, 6) is 1.45. The Hall–Kier alpha value is -3.35. The zero-order chi connectivity index (χ0) is 22.8. The van der Waals surface area contributed by atoms with Crippen LogP contribution in [0.2, 0.25) is 5.02 Å². The molecule has 0 saturated heterocycles. The van der Waals surface area contributed by atoms with E-state index in [-0.39, 0.29) is 5.56 Å². The van der Waals surface area contributed by atoms with E-state index >= 15 is 0 Å². The Morgan fingerprint density at radius 3 is 2.61 bits per heavy atom. The first-order chi connectivity index (χ1) is 16.1. The van der Waals surface area contributed by atoms with E-state index < -0.39 is 0 Å². The number of hydrogen-bond acceptors (Lipinski definition) is 4. The molecular formula is C26H25ClN4O2. The molecule has 7 heteroatoms. The largest absolute Gasteiger partial charge is 0.497 e. The number of H-pyrrole nitrogens is 1. The van der Waals surface area contributed by atoms with Crippen molar-refractivity contribution >= 4 is 11.6 Å². The van der Waals surface area contributed by atoms with Gasteiger partial charge in [-0.15, -0.1) is 0 Å². The molecule has 0 aliphatic carbocycles. The molecule has 0 saturated carbocycles. The van der Waals surface area contributed by atoms with Crippen molar-refractivity contribution < 1.29 is 4.74 Å². The second-order valence-electron chi connectivity index (χ2n) is 8.28. The van der Waals surface area contributed by atoms with E-state index in [1.165, 1.54) is 11.3 Å². The minimum absolute atomic E-state index is 0.0664. The third kappa shape index (κ3) is 4.72. The second-order valence-corrected chi connectivity index (χ2v) is 8.72. The van der Waals surface area contributed by atoms with E-state index in [0.29, 0.717) is 17.4 Å². The zero-order valence-electron chi connectivity index (χ0n) is 18.4. The molecule has 0 amide bonds. The van der Waals surface area contributed by atoms with Gasteiger partial charge < -0.3 is 14.3 Å². The maximum Gasteiger partial charge on any atom is 0.255 e. The number of aromatic nitrogens is 3. The zero-order valence-corrected chi connectivity index (χ0v) is 19.2. The molecule has 0 fully saturated rings. The second kappa shape index (κ2) is 9.25. The van der Waals surface area contributed by atoms with Gasteiger partial charge in [-0.2, -0.15) is 0 Å². The van der Waals surface area contributed by atoms with Crippen LogP contribution in [0.25, 0.3) is 11.4 Å². The SMILES string of the molecule is COc1ccc(Cn2cccc2CN2CCc3nc(-c4ccc(Cl)cc4)[nH]c(=O)c3C2)cc1. The number of hydrogen-bond donors (Lipinski definition) is 1. The molecule has 1 aliphatic rings. The number of nitrogens with one attached hydrogen (secondary N) is 1. The van der Waals surface area contributed by atoms with E-state index in [1.807, 2.05) is 24.3 Å². The quantitative estimate of drug-likeness (QED) is 0.460. The average Bonchev–Trinajstić information content (AvgIpc) is 3.26. The maximum atomic E-state index is 12.9. The van der Waals surface area contributed by atoms with Gasteiger partial charge in [0.05, 0.1) is 18.4 Å². The molecule has 168 valence electrons. The van der Waals surface area contributed by atoms with Crippen LogP contribution in [0.1, 0.15) is 22.5 Å². The summed E-state index contributed by atoms with van der Waals surface area (Å²) < 4.78 is 7.51. The van der Waals surface area contributed by atoms with Gasteiger partial charge in [0.2, 0.25) is 0 Å². The van der Waals surface area contributed by atoms with Crippen molar-refractivity contribution in [1.29, 1.82) is 0 Å². The fourth-order valence-electron chi connectivity index (χ4n) is 4.26. The molecule has 4 aromatic rings. The Bertz CT molecular complexity index is 1310. The van der Waals surface area contributed by atoms with Gasteiger partial charge in [0.15, 0.2) is 0 Å². The monoisotopic (exact) mass is 460 g/mol. The molecule has 33 heavy (non-hydrogen) atoms. The highest BCUT2D eigenvalue weighted by molar-refractivity contribution is 6.30. The predicted molar refractivity (Wildman–Crippen MR) is 130 cm³/mol. The van der Waals surface area contributed by atoms with Crippen molar-refractivity contribution in [1.82, 2.24) is 19.4 Å². The summed E-state index contributed by atoms with van der Waals surface area (Å²) in [4.78, 5) is 22.9. The first kappa shape index (κ1) is 21.5. The highest BCUT2D eigenvalue weighted by Crippen LogP contribution is 2.22. The number of methoxy groups -OCH3 is 1. The van der Waals surface area contributed by atoms with E-state index in [0.717, 1.165) is 48.6 Å². The molecule has 0 bridgehead atoms. The number of halogens is 1. The van der Waals surface area contributed by atoms with Crippen molar-refractivity contribution in [2.24, 2.45) is 0 Å². The van der Waals surface area contributed by atoms with Crippen molar-refractivity contribution in [3.63, 3.8) is 0 Å². The van der Waals surface area contributed by atoms with Crippen molar-refractivity contribution in [3.8, 4) is 17.1 Å².